The fraction of sp³-hybridized carbons (Fsp3) is 0.643. The maximum Gasteiger partial charge on any atom is 0.349 e. The Morgan fingerprint density at radius 1 is 1.43 bits per heavy atom. The van der Waals surface area contributed by atoms with Crippen molar-refractivity contribution in [3.63, 3.8) is 0 Å². The van der Waals surface area contributed by atoms with Gasteiger partial charge in [-0.15, -0.1) is 0 Å². The van der Waals surface area contributed by atoms with Crippen molar-refractivity contribution >= 4 is 11.5 Å². The molecule has 2 aliphatic rings. The molecule has 2 aromatic rings. The Morgan fingerprint density at radius 2 is 2.29 bits per heavy atom. The molecule has 2 aromatic heterocycles. The highest BCUT2D eigenvalue weighted by Crippen LogP contribution is 2.26. The van der Waals surface area contributed by atoms with Crippen molar-refractivity contribution < 1.29 is 0 Å². The molecule has 1 aliphatic carbocycles. The van der Waals surface area contributed by atoms with Crippen LogP contribution in [0.25, 0.3) is 5.65 Å². The van der Waals surface area contributed by atoms with Gasteiger partial charge >= 0.3 is 5.69 Å². The summed E-state index contributed by atoms with van der Waals surface area (Å²) in [6.45, 7) is 3.89. The number of H-pyrrole nitrogens is 1. The van der Waals surface area contributed by atoms with Crippen molar-refractivity contribution in [1.82, 2.24) is 24.9 Å². The van der Waals surface area contributed by atoms with Gasteiger partial charge in [0.1, 0.15) is 11.6 Å². The van der Waals surface area contributed by atoms with Gasteiger partial charge in [-0.3, -0.25) is 0 Å². The maximum atomic E-state index is 11.7. The average molecular weight is 288 g/mol. The maximum absolute atomic E-state index is 11.7. The minimum Gasteiger partial charge on any atom is -0.352 e. The van der Waals surface area contributed by atoms with E-state index >= 15 is 0 Å². The van der Waals surface area contributed by atoms with Crippen LogP contribution in [-0.4, -0.2) is 44.8 Å². The van der Waals surface area contributed by atoms with Crippen LogP contribution < -0.4 is 15.9 Å². The summed E-state index contributed by atoms with van der Waals surface area (Å²) in [4.78, 5) is 18.6. The van der Waals surface area contributed by atoms with Crippen molar-refractivity contribution in [1.29, 1.82) is 0 Å². The summed E-state index contributed by atoms with van der Waals surface area (Å²) in [6.07, 6.45) is 5.01. The first kappa shape index (κ1) is 12.8. The van der Waals surface area contributed by atoms with Crippen LogP contribution in [0.5, 0.6) is 0 Å². The number of hydrogen-bond donors (Lipinski definition) is 2. The third kappa shape index (κ3) is 2.31. The molecule has 0 aromatic carbocycles. The lowest BCUT2D eigenvalue weighted by Gasteiger charge is -2.26. The van der Waals surface area contributed by atoms with Crippen molar-refractivity contribution in [2.45, 2.75) is 44.7 Å². The molecule has 2 fully saturated rings. The van der Waals surface area contributed by atoms with Crippen LogP contribution in [0.4, 0.5) is 5.82 Å². The van der Waals surface area contributed by atoms with E-state index in [1.807, 2.05) is 13.0 Å². The molecule has 1 unspecified atom stereocenters. The van der Waals surface area contributed by atoms with Crippen LogP contribution in [0, 0.1) is 6.92 Å². The first-order valence-corrected chi connectivity index (χ1v) is 7.67. The van der Waals surface area contributed by atoms with Crippen LogP contribution in [-0.2, 0) is 0 Å². The van der Waals surface area contributed by atoms with E-state index in [-0.39, 0.29) is 5.69 Å². The largest absolute Gasteiger partial charge is 0.352 e. The Morgan fingerprint density at radius 3 is 3.10 bits per heavy atom. The molecule has 0 amide bonds. The monoisotopic (exact) mass is 288 g/mol. The number of fused-ring (bicyclic) bond motifs is 1. The average Bonchev–Trinajstić information content (AvgIpc) is 3.04. The van der Waals surface area contributed by atoms with Crippen molar-refractivity contribution in [2.75, 3.05) is 18.0 Å². The molecule has 0 spiro atoms. The SMILES string of the molecule is Cc1nc(N2CCCC2CNC2CC2)cc2n[nH]c(=O)n12. The Balaban J connectivity index is 1.63. The number of nitrogens with zero attached hydrogens (tertiary/aromatic N) is 4. The molecule has 4 rings (SSSR count). The van der Waals surface area contributed by atoms with Crippen molar-refractivity contribution in [3.05, 3.63) is 22.4 Å². The lowest BCUT2D eigenvalue weighted by atomic mass is 10.2. The summed E-state index contributed by atoms with van der Waals surface area (Å²) >= 11 is 0. The van der Waals surface area contributed by atoms with E-state index in [1.54, 1.807) is 0 Å². The van der Waals surface area contributed by atoms with E-state index in [0.29, 0.717) is 17.5 Å². The van der Waals surface area contributed by atoms with E-state index in [0.717, 1.165) is 24.9 Å². The second-order valence-electron chi connectivity index (χ2n) is 6.06. The van der Waals surface area contributed by atoms with Gasteiger partial charge in [0.2, 0.25) is 0 Å². The first-order chi connectivity index (χ1) is 10.2. The number of rotatable bonds is 4. The first-order valence-electron chi connectivity index (χ1n) is 7.67. The molecule has 1 saturated carbocycles. The van der Waals surface area contributed by atoms with Gasteiger partial charge < -0.3 is 10.2 Å². The summed E-state index contributed by atoms with van der Waals surface area (Å²) in [5.41, 5.74) is 0.415. The fourth-order valence-electron chi connectivity index (χ4n) is 3.17. The molecule has 1 aliphatic heterocycles. The predicted octanol–water partition coefficient (Wildman–Crippen LogP) is 0.447. The number of aromatic amines is 1. The number of nitrogens with one attached hydrogen (secondary N) is 2. The van der Waals surface area contributed by atoms with E-state index in [1.165, 1.54) is 30.1 Å². The lowest BCUT2D eigenvalue weighted by molar-refractivity contribution is 0.568. The van der Waals surface area contributed by atoms with Gasteiger partial charge in [0, 0.05) is 31.2 Å². The van der Waals surface area contributed by atoms with Crippen LogP contribution in [0.1, 0.15) is 31.5 Å². The molecule has 21 heavy (non-hydrogen) atoms. The number of aryl methyl sites for hydroxylation is 1. The fourth-order valence-corrected chi connectivity index (χ4v) is 3.17. The minimum absolute atomic E-state index is 0.227. The molecule has 1 atom stereocenters. The number of anilines is 1. The van der Waals surface area contributed by atoms with Gasteiger partial charge in [0.25, 0.3) is 0 Å². The highest BCUT2D eigenvalue weighted by atomic mass is 16.1. The van der Waals surface area contributed by atoms with E-state index in [4.69, 9.17) is 0 Å². The Kier molecular flexibility index (Phi) is 2.95. The predicted molar refractivity (Wildman–Crippen MR) is 79.7 cm³/mol. The van der Waals surface area contributed by atoms with Crippen LogP contribution in [0.3, 0.4) is 0 Å². The third-order valence-electron chi connectivity index (χ3n) is 4.45. The normalized spacial score (nSPS) is 22.3. The molecule has 0 bridgehead atoms. The number of hydrogen-bond acceptors (Lipinski definition) is 5. The van der Waals surface area contributed by atoms with Gasteiger partial charge in [-0.1, -0.05) is 0 Å². The Bertz CT molecular complexity index is 716. The summed E-state index contributed by atoms with van der Waals surface area (Å²) in [6, 6.07) is 3.13. The molecule has 7 nitrogen and oxygen atoms in total. The third-order valence-corrected chi connectivity index (χ3v) is 4.45. The number of aromatic nitrogens is 4. The van der Waals surface area contributed by atoms with Gasteiger partial charge in [0.05, 0.1) is 0 Å². The highest BCUT2D eigenvalue weighted by Gasteiger charge is 2.29. The van der Waals surface area contributed by atoms with Gasteiger partial charge in [0.15, 0.2) is 5.65 Å². The zero-order valence-electron chi connectivity index (χ0n) is 12.2. The summed E-state index contributed by atoms with van der Waals surface area (Å²) in [5.74, 6) is 1.61. The molecule has 1 saturated heterocycles. The topological polar surface area (TPSA) is 78.3 Å². The second kappa shape index (κ2) is 4.84. The Labute approximate surface area is 122 Å². The van der Waals surface area contributed by atoms with E-state index in [9.17, 15) is 4.79 Å². The van der Waals surface area contributed by atoms with Gasteiger partial charge in [-0.05, 0) is 32.6 Å². The molecule has 7 heteroatoms. The molecule has 3 heterocycles. The summed E-state index contributed by atoms with van der Waals surface area (Å²) in [7, 11) is 0. The van der Waals surface area contributed by atoms with Gasteiger partial charge in [-0.2, -0.15) is 5.10 Å². The summed E-state index contributed by atoms with van der Waals surface area (Å²) in [5, 5.41) is 10.2. The van der Waals surface area contributed by atoms with Crippen LogP contribution >= 0.6 is 0 Å². The van der Waals surface area contributed by atoms with Crippen molar-refractivity contribution in [2.24, 2.45) is 0 Å². The second-order valence-corrected chi connectivity index (χ2v) is 6.06. The van der Waals surface area contributed by atoms with Crippen LogP contribution in [0.15, 0.2) is 10.9 Å². The summed E-state index contributed by atoms with van der Waals surface area (Å²) < 4.78 is 1.51. The molecule has 2 N–H and O–H groups in total. The molecular weight excluding hydrogens is 268 g/mol. The quantitative estimate of drug-likeness (QED) is 0.854. The molecule has 0 radical (unpaired) electrons. The molecular formula is C14H20N6O. The zero-order valence-corrected chi connectivity index (χ0v) is 12.2. The van der Waals surface area contributed by atoms with Crippen molar-refractivity contribution in [3.8, 4) is 0 Å². The van der Waals surface area contributed by atoms with E-state index < -0.39 is 0 Å². The minimum atomic E-state index is -0.227. The zero-order chi connectivity index (χ0) is 14.4. The van der Waals surface area contributed by atoms with Crippen LogP contribution in [0.2, 0.25) is 0 Å². The Hall–Kier alpha value is -1.89. The standard InChI is InChI=1S/C14H20N6O/c1-9-16-12(7-13-17-18-14(21)20(9)13)19-6-2-3-11(19)8-15-10-4-5-10/h7,10-11,15H,2-6,8H2,1H3,(H,18,21). The van der Waals surface area contributed by atoms with E-state index in [2.05, 4.69) is 25.4 Å². The lowest BCUT2D eigenvalue weighted by Crippen LogP contribution is -2.39. The van der Waals surface area contributed by atoms with Gasteiger partial charge in [-0.25, -0.2) is 19.3 Å². The highest BCUT2D eigenvalue weighted by molar-refractivity contribution is 5.52. The molecule has 112 valence electrons. The smallest absolute Gasteiger partial charge is 0.349 e.